The van der Waals surface area contributed by atoms with E-state index in [4.69, 9.17) is 29.0 Å². The zero-order valence-corrected chi connectivity index (χ0v) is 18.2. The monoisotopic (exact) mass is 426 g/mol. The van der Waals surface area contributed by atoms with E-state index in [1.54, 1.807) is 0 Å². The number of aromatic nitrogens is 4. The molecule has 4 bridgehead atoms. The number of imidazole rings is 1. The Morgan fingerprint density at radius 3 is 2.81 bits per heavy atom. The molecule has 0 amide bonds. The van der Waals surface area contributed by atoms with Crippen LogP contribution in [0.3, 0.4) is 0 Å². The second-order valence-electron chi connectivity index (χ2n) is 8.33. The van der Waals surface area contributed by atoms with Gasteiger partial charge in [-0.05, 0) is 44.4 Å². The van der Waals surface area contributed by atoms with E-state index in [2.05, 4.69) is 19.1 Å². The van der Waals surface area contributed by atoms with Crippen molar-refractivity contribution < 1.29 is 18.9 Å². The van der Waals surface area contributed by atoms with Gasteiger partial charge in [-0.3, -0.25) is 0 Å². The highest BCUT2D eigenvalue weighted by Crippen LogP contribution is 2.34. The molecule has 0 N–H and O–H groups in total. The number of rotatable bonds is 1. The molecule has 166 valence electrons. The lowest BCUT2D eigenvalue weighted by atomic mass is 10.1. The van der Waals surface area contributed by atoms with Crippen molar-refractivity contribution in [3.05, 3.63) is 30.2 Å². The Morgan fingerprint density at radius 1 is 1.03 bits per heavy atom. The molecule has 0 saturated carbocycles. The van der Waals surface area contributed by atoms with Gasteiger partial charge in [0.2, 0.25) is 0 Å². The van der Waals surface area contributed by atoms with Gasteiger partial charge in [-0.25, -0.2) is 9.67 Å². The summed E-state index contributed by atoms with van der Waals surface area (Å²) in [6, 6.07) is 6.18. The minimum absolute atomic E-state index is 0.0477. The van der Waals surface area contributed by atoms with Crippen molar-refractivity contribution in [2.45, 2.75) is 51.5 Å². The Morgan fingerprint density at radius 2 is 1.94 bits per heavy atom. The standard InChI is InChI=1S/C23H30N4O4/c1-16-8-10-28-11-12-29-15-21-24-19(14-26(21)2)23-18-13-17(31-16)6-7-20(18)27(25-23)22-5-3-4-9-30-22/h6-7,13-14,16,22H,3-5,8-12,15H2,1-2H3. The lowest BCUT2D eigenvalue weighted by Gasteiger charge is -2.23. The van der Waals surface area contributed by atoms with E-state index in [1.807, 2.05) is 28.6 Å². The molecule has 4 heterocycles. The fourth-order valence-corrected chi connectivity index (χ4v) is 4.20. The molecule has 2 aliphatic heterocycles. The van der Waals surface area contributed by atoms with E-state index < -0.39 is 0 Å². The number of nitrogens with zero attached hydrogens (tertiary/aromatic N) is 4. The lowest BCUT2D eigenvalue weighted by Crippen LogP contribution is -2.19. The average molecular weight is 427 g/mol. The summed E-state index contributed by atoms with van der Waals surface area (Å²) in [6.45, 7) is 5.02. The van der Waals surface area contributed by atoms with Crippen LogP contribution in [0, 0.1) is 0 Å². The normalized spacial score (nSPS) is 23.2. The minimum atomic E-state index is -0.0477. The van der Waals surface area contributed by atoms with E-state index in [1.165, 1.54) is 0 Å². The number of hydrogen-bond acceptors (Lipinski definition) is 6. The molecule has 2 aromatic heterocycles. The Balaban J connectivity index is 1.60. The summed E-state index contributed by atoms with van der Waals surface area (Å²) >= 11 is 0. The maximum Gasteiger partial charge on any atom is 0.150 e. The Kier molecular flexibility index (Phi) is 5.93. The van der Waals surface area contributed by atoms with Crippen LogP contribution >= 0.6 is 0 Å². The summed E-state index contributed by atoms with van der Waals surface area (Å²) in [5, 5.41) is 6.01. The van der Waals surface area contributed by atoms with E-state index in [9.17, 15) is 0 Å². The van der Waals surface area contributed by atoms with Crippen LogP contribution in [-0.4, -0.2) is 51.9 Å². The summed E-state index contributed by atoms with van der Waals surface area (Å²) in [7, 11) is 1.99. The van der Waals surface area contributed by atoms with Crippen molar-refractivity contribution in [1.82, 2.24) is 19.3 Å². The van der Waals surface area contributed by atoms with E-state index >= 15 is 0 Å². The molecule has 0 spiro atoms. The number of hydrogen-bond donors (Lipinski definition) is 0. The molecule has 2 aliphatic rings. The van der Waals surface area contributed by atoms with Crippen molar-refractivity contribution in [1.29, 1.82) is 0 Å². The van der Waals surface area contributed by atoms with E-state index in [-0.39, 0.29) is 12.3 Å². The maximum absolute atomic E-state index is 6.19. The van der Waals surface area contributed by atoms with Crippen molar-refractivity contribution in [2.24, 2.45) is 7.05 Å². The molecule has 8 heteroatoms. The first-order valence-corrected chi connectivity index (χ1v) is 11.2. The van der Waals surface area contributed by atoms with E-state index in [0.717, 1.165) is 66.2 Å². The maximum atomic E-state index is 6.19. The molecule has 1 fully saturated rings. The zero-order valence-electron chi connectivity index (χ0n) is 18.2. The first kappa shape index (κ1) is 20.5. The van der Waals surface area contributed by atoms with Crippen LogP contribution in [0.1, 0.15) is 44.7 Å². The second kappa shape index (κ2) is 8.98. The fraction of sp³-hybridized carbons (Fsp3) is 0.565. The molecule has 2 unspecified atom stereocenters. The predicted octanol–water partition coefficient (Wildman–Crippen LogP) is 3.84. The molecule has 3 aromatic rings. The van der Waals surface area contributed by atoms with Gasteiger partial charge in [0, 0.05) is 31.7 Å². The Labute approximate surface area is 182 Å². The van der Waals surface area contributed by atoms with Gasteiger partial charge in [-0.2, -0.15) is 5.10 Å². The SMILES string of the molecule is CC1CCOCCOCc2nc(cn2C)-c2nn(C3CCCCO3)c3ccc(cc23)O1. The minimum Gasteiger partial charge on any atom is -0.491 e. The highest BCUT2D eigenvalue weighted by Gasteiger charge is 2.23. The molecule has 2 atom stereocenters. The van der Waals surface area contributed by atoms with Gasteiger partial charge in [-0.1, -0.05) is 0 Å². The number of ether oxygens (including phenoxy) is 4. The molecule has 8 nitrogen and oxygen atoms in total. The van der Waals surface area contributed by atoms with Crippen LogP contribution in [0.15, 0.2) is 24.4 Å². The largest absolute Gasteiger partial charge is 0.491 e. The Hall–Kier alpha value is -2.42. The summed E-state index contributed by atoms with van der Waals surface area (Å²) in [5.74, 6) is 1.69. The fourth-order valence-electron chi connectivity index (χ4n) is 4.20. The molecule has 1 aromatic carbocycles. The predicted molar refractivity (Wildman–Crippen MR) is 116 cm³/mol. The number of fused-ring (bicyclic) bond motifs is 4. The van der Waals surface area contributed by atoms with Crippen molar-refractivity contribution in [3.8, 4) is 17.1 Å². The van der Waals surface area contributed by atoms with Crippen LogP contribution < -0.4 is 4.74 Å². The third-order valence-corrected chi connectivity index (χ3v) is 5.93. The first-order valence-electron chi connectivity index (χ1n) is 11.2. The highest BCUT2D eigenvalue weighted by atomic mass is 16.5. The summed E-state index contributed by atoms with van der Waals surface area (Å²) in [4.78, 5) is 4.83. The molecule has 0 aliphatic carbocycles. The van der Waals surface area contributed by atoms with Crippen molar-refractivity contribution >= 4 is 10.9 Å². The molecular weight excluding hydrogens is 396 g/mol. The second-order valence-corrected chi connectivity index (χ2v) is 8.33. The number of benzene rings is 1. The lowest BCUT2D eigenvalue weighted by molar-refractivity contribution is -0.0365. The zero-order chi connectivity index (χ0) is 21.2. The van der Waals surface area contributed by atoms with Gasteiger partial charge < -0.3 is 23.5 Å². The average Bonchev–Trinajstić information content (AvgIpc) is 3.33. The molecule has 31 heavy (non-hydrogen) atoms. The van der Waals surface area contributed by atoms with Crippen LogP contribution in [0.4, 0.5) is 0 Å². The smallest absolute Gasteiger partial charge is 0.150 e. The quantitative estimate of drug-likeness (QED) is 0.589. The van der Waals surface area contributed by atoms with Crippen LogP contribution in [0.2, 0.25) is 0 Å². The first-order chi connectivity index (χ1) is 15.2. The van der Waals surface area contributed by atoms with Gasteiger partial charge in [0.05, 0.1) is 31.4 Å². The van der Waals surface area contributed by atoms with Gasteiger partial charge in [-0.15, -0.1) is 0 Å². The Bertz CT molecular complexity index is 1040. The summed E-state index contributed by atoms with van der Waals surface area (Å²) in [5.41, 5.74) is 2.71. The topological polar surface area (TPSA) is 72.6 Å². The van der Waals surface area contributed by atoms with Crippen LogP contribution in [0.25, 0.3) is 22.3 Å². The van der Waals surface area contributed by atoms with Gasteiger partial charge in [0.25, 0.3) is 0 Å². The number of aryl methyl sites for hydroxylation is 1. The molecular formula is C23H30N4O4. The van der Waals surface area contributed by atoms with E-state index in [0.29, 0.717) is 26.4 Å². The summed E-state index contributed by atoms with van der Waals surface area (Å²) in [6.07, 6.45) is 6.05. The van der Waals surface area contributed by atoms with Gasteiger partial charge in [0.1, 0.15) is 29.6 Å². The molecule has 1 saturated heterocycles. The third kappa shape index (κ3) is 4.33. The summed E-state index contributed by atoms with van der Waals surface area (Å²) < 4.78 is 27.7. The highest BCUT2D eigenvalue weighted by molar-refractivity contribution is 5.93. The third-order valence-electron chi connectivity index (χ3n) is 5.93. The molecule has 0 radical (unpaired) electrons. The molecule has 5 rings (SSSR count). The van der Waals surface area contributed by atoms with Crippen molar-refractivity contribution in [2.75, 3.05) is 26.4 Å². The van der Waals surface area contributed by atoms with Crippen LogP contribution in [0.5, 0.6) is 5.75 Å². The van der Waals surface area contributed by atoms with Crippen LogP contribution in [-0.2, 0) is 27.9 Å². The van der Waals surface area contributed by atoms with Gasteiger partial charge >= 0.3 is 0 Å². The van der Waals surface area contributed by atoms with Gasteiger partial charge in [0.15, 0.2) is 6.23 Å². The van der Waals surface area contributed by atoms with Crippen molar-refractivity contribution in [3.63, 3.8) is 0 Å².